The molecular formula is C18H25N5OS. The average molecular weight is 359 g/mol. The number of aliphatic imine (C=N–C) groups is 1. The highest BCUT2D eigenvalue weighted by Gasteiger charge is 2.25. The normalized spacial score (nSPS) is 17.6. The predicted octanol–water partition coefficient (Wildman–Crippen LogP) is 2.40. The summed E-state index contributed by atoms with van der Waals surface area (Å²) in [4.78, 5) is 12.3. The summed E-state index contributed by atoms with van der Waals surface area (Å²) in [5, 5.41) is 7.93. The summed E-state index contributed by atoms with van der Waals surface area (Å²) < 4.78 is 5.48. The third kappa shape index (κ3) is 4.42. The van der Waals surface area contributed by atoms with E-state index in [1.807, 2.05) is 18.3 Å². The number of rotatable bonds is 5. The van der Waals surface area contributed by atoms with Gasteiger partial charge in [0.1, 0.15) is 10.8 Å². The molecule has 0 spiro atoms. The first-order chi connectivity index (χ1) is 12.2. The Kier molecular flexibility index (Phi) is 5.75. The van der Waals surface area contributed by atoms with Crippen molar-refractivity contribution in [3.63, 3.8) is 0 Å². The zero-order chi connectivity index (χ0) is 17.6. The van der Waals surface area contributed by atoms with Crippen molar-refractivity contribution in [3.8, 4) is 5.75 Å². The van der Waals surface area contributed by atoms with Crippen LogP contribution in [-0.2, 0) is 6.54 Å². The lowest BCUT2D eigenvalue weighted by Crippen LogP contribution is -2.44. The van der Waals surface area contributed by atoms with E-state index in [-0.39, 0.29) is 0 Å². The van der Waals surface area contributed by atoms with E-state index in [0.29, 0.717) is 12.6 Å². The van der Waals surface area contributed by atoms with Crippen molar-refractivity contribution in [2.24, 2.45) is 4.99 Å². The standard InChI is InChI=1S/C18H25N5OS/c1-13-10-20-17(25-13)11-21-18(19-2)22-14-8-9-23(12-14)15-6-4-5-7-16(15)24-3/h4-7,10,14H,8-9,11-12H2,1-3H3,(H2,19,21,22). The molecule has 7 heteroatoms. The number of methoxy groups -OCH3 is 1. The van der Waals surface area contributed by atoms with Crippen LogP contribution in [0.15, 0.2) is 35.5 Å². The van der Waals surface area contributed by atoms with E-state index < -0.39 is 0 Å². The van der Waals surface area contributed by atoms with E-state index in [1.165, 1.54) is 4.88 Å². The molecule has 1 fully saturated rings. The number of thiazole rings is 1. The van der Waals surface area contributed by atoms with Crippen LogP contribution in [0.5, 0.6) is 5.75 Å². The molecule has 0 amide bonds. The van der Waals surface area contributed by atoms with Crippen molar-refractivity contribution in [2.45, 2.75) is 25.9 Å². The maximum absolute atomic E-state index is 5.48. The molecule has 0 aliphatic carbocycles. The molecule has 25 heavy (non-hydrogen) atoms. The number of aryl methyl sites for hydroxylation is 1. The first-order valence-electron chi connectivity index (χ1n) is 8.46. The van der Waals surface area contributed by atoms with Gasteiger partial charge in [-0.2, -0.15) is 0 Å². The van der Waals surface area contributed by atoms with Crippen molar-refractivity contribution in [1.82, 2.24) is 15.6 Å². The summed E-state index contributed by atoms with van der Waals surface area (Å²) in [7, 11) is 3.52. The molecule has 0 bridgehead atoms. The highest BCUT2D eigenvalue weighted by molar-refractivity contribution is 7.11. The monoisotopic (exact) mass is 359 g/mol. The van der Waals surface area contributed by atoms with E-state index in [0.717, 1.165) is 41.9 Å². The number of nitrogens with one attached hydrogen (secondary N) is 2. The lowest BCUT2D eigenvalue weighted by atomic mass is 10.2. The van der Waals surface area contributed by atoms with Gasteiger partial charge in [-0.05, 0) is 25.5 Å². The summed E-state index contributed by atoms with van der Waals surface area (Å²) >= 11 is 1.71. The minimum atomic E-state index is 0.356. The van der Waals surface area contributed by atoms with Gasteiger partial charge in [0.05, 0.1) is 19.3 Å². The number of hydrogen-bond donors (Lipinski definition) is 2. The van der Waals surface area contributed by atoms with Crippen LogP contribution in [0, 0.1) is 6.92 Å². The molecule has 1 atom stereocenters. The van der Waals surface area contributed by atoms with Crippen molar-refractivity contribution in [1.29, 1.82) is 0 Å². The summed E-state index contributed by atoms with van der Waals surface area (Å²) in [6, 6.07) is 8.52. The fourth-order valence-corrected chi connectivity index (χ4v) is 3.75. The highest BCUT2D eigenvalue weighted by atomic mass is 32.1. The smallest absolute Gasteiger partial charge is 0.191 e. The molecule has 1 aliphatic rings. The van der Waals surface area contributed by atoms with Crippen LogP contribution in [0.2, 0.25) is 0 Å². The second-order valence-corrected chi connectivity index (χ2v) is 7.36. The zero-order valence-electron chi connectivity index (χ0n) is 15.0. The average Bonchev–Trinajstić information content (AvgIpc) is 3.27. The van der Waals surface area contributed by atoms with Gasteiger partial charge in [-0.1, -0.05) is 12.1 Å². The topological polar surface area (TPSA) is 61.8 Å². The molecule has 0 saturated carbocycles. The summed E-state index contributed by atoms with van der Waals surface area (Å²) in [6.07, 6.45) is 2.97. The van der Waals surface area contributed by atoms with Crippen LogP contribution in [0.1, 0.15) is 16.3 Å². The number of aromatic nitrogens is 1. The lowest BCUT2D eigenvalue weighted by molar-refractivity contribution is 0.415. The van der Waals surface area contributed by atoms with E-state index in [1.54, 1.807) is 25.5 Å². The third-order valence-electron chi connectivity index (χ3n) is 4.25. The highest BCUT2D eigenvalue weighted by Crippen LogP contribution is 2.30. The Labute approximate surface area is 152 Å². The van der Waals surface area contributed by atoms with Crippen LogP contribution in [0.25, 0.3) is 0 Å². The Balaban J connectivity index is 1.54. The maximum atomic E-state index is 5.48. The Morgan fingerprint density at radius 2 is 2.28 bits per heavy atom. The Morgan fingerprint density at radius 1 is 1.44 bits per heavy atom. The third-order valence-corrected chi connectivity index (χ3v) is 5.17. The number of para-hydroxylation sites is 2. The van der Waals surface area contributed by atoms with Gasteiger partial charge >= 0.3 is 0 Å². The molecule has 3 rings (SSSR count). The molecule has 1 aliphatic heterocycles. The zero-order valence-corrected chi connectivity index (χ0v) is 15.8. The predicted molar refractivity (Wildman–Crippen MR) is 104 cm³/mol. The summed E-state index contributed by atoms with van der Waals surface area (Å²) in [5.74, 6) is 1.74. The van der Waals surface area contributed by atoms with Crippen molar-refractivity contribution >= 4 is 23.0 Å². The fourth-order valence-electron chi connectivity index (χ4n) is 3.02. The van der Waals surface area contributed by atoms with Crippen LogP contribution in [-0.4, -0.2) is 44.2 Å². The Morgan fingerprint density at radius 3 is 3.00 bits per heavy atom. The molecule has 1 saturated heterocycles. The molecule has 1 aromatic carbocycles. The van der Waals surface area contributed by atoms with Gasteiger partial charge in [0.15, 0.2) is 5.96 Å². The van der Waals surface area contributed by atoms with Gasteiger partial charge in [-0.15, -0.1) is 11.3 Å². The Bertz CT molecular complexity index is 730. The van der Waals surface area contributed by atoms with Gasteiger partial charge < -0.3 is 20.3 Å². The van der Waals surface area contributed by atoms with Crippen LogP contribution in [0.4, 0.5) is 5.69 Å². The van der Waals surface area contributed by atoms with Crippen LogP contribution >= 0.6 is 11.3 Å². The van der Waals surface area contributed by atoms with Crippen LogP contribution < -0.4 is 20.3 Å². The molecular weight excluding hydrogens is 334 g/mol. The van der Waals surface area contributed by atoms with Crippen molar-refractivity contribution in [2.75, 3.05) is 32.1 Å². The number of anilines is 1. The minimum Gasteiger partial charge on any atom is -0.495 e. The lowest BCUT2D eigenvalue weighted by Gasteiger charge is -2.22. The first-order valence-corrected chi connectivity index (χ1v) is 9.27. The van der Waals surface area contributed by atoms with Gasteiger partial charge in [0, 0.05) is 37.3 Å². The van der Waals surface area contributed by atoms with E-state index >= 15 is 0 Å². The number of nitrogens with zero attached hydrogens (tertiary/aromatic N) is 3. The number of guanidine groups is 1. The molecule has 1 unspecified atom stereocenters. The number of benzene rings is 1. The van der Waals surface area contributed by atoms with Crippen molar-refractivity contribution in [3.05, 3.63) is 40.3 Å². The van der Waals surface area contributed by atoms with E-state index in [4.69, 9.17) is 4.74 Å². The Hall–Kier alpha value is -2.28. The van der Waals surface area contributed by atoms with E-state index in [9.17, 15) is 0 Å². The molecule has 2 heterocycles. The van der Waals surface area contributed by atoms with Crippen molar-refractivity contribution < 1.29 is 4.74 Å². The SMILES string of the molecule is CN=C(NCc1ncc(C)s1)NC1CCN(c2ccccc2OC)C1. The van der Waals surface area contributed by atoms with Crippen LogP contribution in [0.3, 0.4) is 0 Å². The molecule has 2 aromatic rings. The quantitative estimate of drug-likeness (QED) is 0.634. The number of ether oxygens (including phenoxy) is 1. The van der Waals surface area contributed by atoms with E-state index in [2.05, 4.69) is 44.6 Å². The fraction of sp³-hybridized carbons (Fsp3) is 0.444. The molecule has 1 aromatic heterocycles. The largest absolute Gasteiger partial charge is 0.495 e. The van der Waals surface area contributed by atoms with Gasteiger partial charge in [-0.3, -0.25) is 4.99 Å². The maximum Gasteiger partial charge on any atom is 0.191 e. The summed E-state index contributed by atoms with van der Waals surface area (Å²) in [5.41, 5.74) is 1.15. The first kappa shape index (κ1) is 17.5. The second-order valence-electron chi connectivity index (χ2n) is 6.04. The van der Waals surface area contributed by atoms with Gasteiger partial charge in [-0.25, -0.2) is 4.98 Å². The molecule has 6 nitrogen and oxygen atoms in total. The minimum absolute atomic E-state index is 0.356. The molecule has 134 valence electrons. The van der Waals surface area contributed by atoms with Gasteiger partial charge in [0.2, 0.25) is 0 Å². The van der Waals surface area contributed by atoms with Gasteiger partial charge in [0.25, 0.3) is 0 Å². The number of hydrogen-bond acceptors (Lipinski definition) is 5. The molecule has 0 radical (unpaired) electrons. The second kappa shape index (κ2) is 8.20. The molecule has 2 N–H and O–H groups in total. The summed E-state index contributed by atoms with van der Waals surface area (Å²) in [6.45, 7) is 4.69.